The smallest absolute Gasteiger partial charge is 0.235 e. The van der Waals surface area contributed by atoms with Gasteiger partial charge in [0.05, 0.1) is 17.5 Å². The van der Waals surface area contributed by atoms with Crippen LogP contribution in [0.1, 0.15) is 22.3 Å². The molecule has 1 heterocycles. The van der Waals surface area contributed by atoms with E-state index in [2.05, 4.69) is 4.98 Å². The zero-order valence-corrected chi connectivity index (χ0v) is 19.8. The largest absolute Gasteiger partial charge is 0.443 e. The van der Waals surface area contributed by atoms with E-state index in [1.165, 1.54) is 11.3 Å². The van der Waals surface area contributed by atoms with Crippen molar-refractivity contribution in [2.24, 2.45) is 29.4 Å². The number of nitrogens with two attached hydrogens (primary N) is 1. The van der Waals surface area contributed by atoms with E-state index in [0.717, 1.165) is 5.69 Å². The van der Waals surface area contributed by atoms with Gasteiger partial charge in [-0.05, 0) is 44.5 Å². The van der Waals surface area contributed by atoms with Gasteiger partial charge in [-0.25, -0.2) is 4.98 Å². The molecular weight excluding hydrogens is 456 g/mol. The average Bonchev–Trinajstić information content (AvgIpc) is 3.23. The summed E-state index contributed by atoms with van der Waals surface area (Å²) in [4.78, 5) is 73.6. The Morgan fingerprint density at radius 1 is 1.17 bits per heavy atom. The van der Waals surface area contributed by atoms with E-state index in [1.807, 2.05) is 19.0 Å². The Morgan fingerprint density at radius 3 is 2.46 bits per heavy atom. The van der Waals surface area contributed by atoms with Crippen LogP contribution in [0.4, 0.5) is 5.69 Å². The summed E-state index contributed by atoms with van der Waals surface area (Å²) < 4.78 is 5.50. The number of hydrogen-bond donors (Lipinski definition) is 2. The maximum atomic E-state index is 13.9. The predicted molar refractivity (Wildman–Crippen MR) is 122 cm³/mol. The number of fused-ring (bicyclic) bond motifs is 5. The number of ketones is 4. The number of Topliss-reactive ketones (excluding diaryl/α,β-unsaturated/α-hetero) is 4. The number of primary amides is 1. The number of benzene rings is 1. The summed E-state index contributed by atoms with van der Waals surface area (Å²) in [6.07, 6.45) is 1.58. The normalized spacial score (nSPS) is 32.5. The highest BCUT2D eigenvalue weighted by atomic mass is 16.3. The molecule has 0 bridgehead atoms. The van der Waals surface area contributed by atoms with Gasteiger partial charge in [0.2, 0.25) is 5.91 Å². The molecule has 2 aromatic rings. The molecule has 0 saturated heterocycles. The number of oxazole rings is 1. The van der Waals surface area contributed by atoms with Crippen molar-refractivity contribution in [2.75, 3.05) is 33.1 Å². The molecule has 2 saturated carbocycles. The molecule has 0 spiro atoms. The number of amides is 1. The van der Waals surface area contributed by atoms with Crippen LogP contribution in [0.25, 0.3) is 11.1 Å². The van der Waals surface area contributed by atoms with Crippen molar-refractivity contribution in [1.29, 1.82) is 0 Å². The first kappa shape index (κ1) is 23.3. The van der Waals surface area contributed by atoms with Gasteiger partial charge in [-0.3, -0.25) is 28.9 Å². The van der Waals surface area contributed by atoms with Gasteiger partial charge in [0, 0.05) is 25.7 Å². The van der Waals surface area contributed by atoms with Gasteiger partial charge in [-0.15, -0.1) is 0 Å². The first-order valence-corrected chi connectivity index (χ1v) is 11.3. The second kappa shape index (κ2) is 7.53. The standard InChI is InChI=1S/C24H26N4O7/c1-27(2)13-7-12-20(35-8-26-12)15-10(13)5-9-6-11-17(28(3)4)19(30)16(23(25)33)22(32)24(11,34)21(31)14(9)18(15)29/h7-9,11,14,16-17,34H,5-6H2,1-4H3,(H2,25,33)/t9-,11-,14?,16?,17-,24-/m0/s1. The molecule has 11 nitrogen and oxygen atoms in total. The minimum atomic E-state index is -2.68. The van der Waals surface area contributed by atoms with E-state index >= 15 is 0 Å². The van der Waals surface area contributed by atoms with Crippen LogP contribution in [-0.2, 0) is 25.6 Å². The Balaban J connectivity index is 1.70. The highest BCUT2D eigenvalue weighted by molar-refractivity contribution is 6.32. The van der Waals surface area contributed by atoms with Gasteiger partial charge >= 0.3 is 0 Å². The monoisotopic (exact) mass is 482 g/mol. The van der Waals surface area contributed by atoms with Gasteiger partial charge in [-0.1, -0.05) is 0 Å². The maximum Gasteiger partial charge on any atom is 0.235 e. The van der Waals surface area contributed by atoms with Crippen molar-refractivity contribution >= 4 is 45.8 Å². The number of aromatic nitrogens is 1. The molecule has 5 rings (SSSR count). The lowest BCUT2D eigenvalue weighted by Crippen LogP contribution is -2.74. The first-order chi connectivity index (χ1) is 16.4. The lowest BCUT2D eigenvalue weighted by atomic mass is 9.52. The van der Waals surface area contributed by atoms with Crippen molar-refractivity contribution in [3.8, 4) is 0 Å². The lowest BCUT2D eigenvalue weighted by molar-refractivity contribution is -0.181. The number of carbonyl (C=O) groups is 5. The average molecular weight is 482 g/mol. The molecule has 11 heteroatoms. The van der Waals surface area contributed by atoms with Gasteiger partial charge in [0.15, 0.2) is 46.6 Å². The predicted octanol–water partition coefficient (Wildman–Crippen LogP) is -0.631. The van der Waals surface area contributed by atoms with Crippen LogP contribution < -0.4 is 10.6 Å². The highest BCUT2D eigenvalue weighted by Crippen LogP contribution is 2.51. The number of aliphatic hydroxyl groups is 1. The third-order valence-corrected chi connectivity index (χ3v) is 7.84. The van der Waals surface area contributed by atoms with Gasteiger partial charge in [0.25, 0.3) is 0 Å². The summed E-state index contributed by atoms with van der Waals surface area (Å²) in [5.74, 6) is -9.74. The second-order valence-corrected chi connectivity index (χ2v) is 10.1. The van der Waals surface area contributed by atoms with E-state index in [4.69, 9.17) is 10.2 Å². The van der Waals surface area contributed by atoms with Crippen LogP contribution >= 0.6 is 0 Å². The van der Waals surface area contributed by atoms with Crippen molar-refractivity contribution < 1.29 is 33.5 Å². The molecule has 0 radical (unpaired) electrons. The quantitative estimate of drug-likeness (QED) is 0.538. The second-order valence-electron chi connectivity index (χ2n) is 10.1. The number of anilines is 1. The Labute approximate surface area is 200 Å². The molecule has 1 amide bonds. The first-order valence-electron chi connectivity index (χ1n) is 11.3. The number of carbonyl (C=O) groups excluding carboxylic acids is 5. The van der Waals surface area contributed by atoms with E-state index in [-0.39, 0.29) is 17.6 Å². The van der Waals surface area contributed by atoms with Crippen LogP contribution in [-0.4, -0.2) is 83.9 Å². The van der Waals surface area contributed by atoms with Crippen molar-refractivity contribution in [1.82, 2.24) is 9.88 Å². The fourth-order valence-corrected chi connectivity index (χ4v) is 6.37. The molecule has 3 aliphatic carbocycles. The summed E-state index contributed by atoms with van der Waals surface area (Å²) in [7, 11) is 6.79. The minimum absolute atomic E-state index is 0.0607. The van der Waals surface area contributed by atoms with Gasteiger partial charge < -0.3 is 20.2 Å². The van der Waals surface area contributed by atoms with Gasteiger partial charge in [0.1, 0.15) is 5.52 Å². The number of likely N-dealkylation sites (N-methyl/N-ethyl adjacent to an activating group) is 1. The summed E-state index contributed by atoms with van der Waals surface area (Å²) in [5.41, 5.74) is 4.98. The molecule has 1 aromatic heterocycles. The van der Waals surface area contributed by atoms with Gasteiger partial charge in [-0.2, -0.15) is 0 Å². The lowest BCUT2D eigenvalue weighted by Gasteiger charge is -2.52. The Hall–Kier alpha value is -3.44. The molecule has 0 aliphatic heterocycles. The zero-order valence-electron chi connectivity index (χ0n) is 19.8. The van der Waals surface area contributed by atoms with Crippen molar-refractivity contribution in [2.45, 2.75) is 24.5 Å². The Bertz CT molecular complexity index is 1330. The van der Waals surface area contributed by atoms with E-state index in [0.29, 0.717) is 17.5 Å². The van der Waals surface area contributed by atoms with Crippen LogP contribution in [0.5, 0.6) is 0 Å². The molecule has 35 heavy (non-hydrogen) atoms. The molecule has 3 N–H and O–H groups in total. The molecule has 2 unspecified atom stereocenters. The van der Waals surface area contributed by atoms with Crippen molar-refractivity contribution in [3.05, 3.63) is 23.6 Å². The van der Waals surface area contributed by atoms with Crippen LogP contribution in [0.3, 0.4) is 0 Å². The van der Waals surface area contributed by atoms with E-state index < -0.39 is 64.4 Å². The van der Waals surface area contributed by atoms with E-state index in [1.54, 1.807) is 20.2 Å². The van der Waals surface area contributed by atoms with Crippen LogP contribution in [0.2, 0.25) is 0 Å². The maximum absolute atomic E-state index is 13.9. The summed E-state index contributed by atoms with van der Waals surface area (Å²) in [6.45, 7) is 0. The molecule has 1 aromatic carbocycles. The molecule has 184 valence electrons. The molecule has 3 aliphatic rings. The van der Waals surface area contributed by atoms with Crippen molar-refractivity contribution in [3.63, 3.8) is 0 Å². The molecular formula is C24H26N4O7. The zero-order chi connectivity index (χ0) is 25.6. The fraction of sp³-hybridized carbons (Fsp3) is 0.500. The van der Waals surface area contributed by atoms with Crippen LogP contribution in [0.15, 0.2) is 16.9 Å². The number of nitrogens with zero attached hydrogens (tertiary/aromatic N) is 3. The third-order valence-electron chi connectivity index (χ3n) is 7.84. The fourth-order valence-electron chi connectivity index (χ4n) is 6.37. The summed E-state index contributed by atoms with van der Waals surface area (Å²) in [6, 6.07) is 0.710. The summed E-state index contributed by atoms with van der Waals surface area (Å²) >= 11 is 0. The summed E-state index contributed by atoms with van der Waals surface area (Å²) in [5, 5.41) is 11.6. The Morgan fingerprint density at radius 2 is 1.86 bits per heavy atom. The highest BCUT2D eigenvalue weighted by Gasteiger charge is 2.69. The molecule has 6 atom stereocenters. The van der Waals surface area contributed by atoms with Crippen LogP contribution in [0, 0.1) is 23.7 Å². The third kappa shape index (κ3) is 2.91. The number of hydrogen-bond acceptors (Lipinski definition) is 10. The van der Waals surface area contributed by atoms with E-state index in [9.17, 15) is 29.1 Å². The Kier molecular flexibility index (Phi) is 5.01. The minimum Gasteiger partial charge on any atom is -0.443 e. The number of rotatable bonds is 3. The molecule has 2 fully saturated rings. The topological polar surface area (TPSA) is 164 Å². The SMILES string of the molecule is CN(C)c1cc2ncoc2c2c1C[C@H]1C[C@H]3[C@H](N(C)C)C(=O)C(C(N)=O)C(=O)[C@@]3(O)C(=O)C1C2=O.